The molecule has 5 N–H and O–H groups in total. The summed E-state index contributed by atoms with van der Waals surface area (Å²) in [6, 6.07) is 5.08. The molecule has 0 aliphatic heterocycles. The topological polar surface area (TPSA) is 98.2 Å². The Bertz CT molecular complexity index is 679. The smallest absolute Gasteiger partial charge is 0.238 e. The van der Waals surface area contributed by atoms with Crippen LogP contribution in [0.2, 0.25) is 0 Å². The fourth-order valence-corrected chi connectivity index (χ4v) is 3.28. The number of benzene rings is 1. The molecule has 0 fully saturated rings. The fourth-order valence-electron chi connectivity index (χ4n) is 1.78. The van der Waals surface area contributed by atoms with Crippen LogP contribution in [0.25, 0.3) is 0 Å². The second-order valence-corrected chi connectivity index (χ2v) is 6.53. The third-order valence-corrected chi connectivity index (χ3v) is 4.52. The second kappa shape index (κ2) is 5.20. The zero-order valence-electron chi connectivity index (χ0n) is 10.4. The van der Waals surface area contributed by atoms with Gasteiger partial charge in [-0.1, -0.05) is 0 Å². The van der Waals surface area contributed by atoms with Crippen molar-refractivity contribution in [3.63, 3.8) is 0 Å². The van der Waals surface area contributed by atoms with Gasteiger partial charge in [0.15, 0.2) is 0 Å². The van der Waals surface area contributed by atoms with E-state index in [1.807, 2.05) is 16.8 Å². The van der Waals surface area contributed by atoms with E-state index in [9.17, 15) is 8.42 Å². The minimum absolute atomic E-state index is 0.0559. The first-order chi connectivity index (χ1) is 8.88. The number of nitrogens with one attached hydrogen (secondary N) is 1. The number of rotatable bonds is 4. The third-order valence-electron chi connectivity index (χ3n) is 2.75. The van der Waals surface area contributed by atoms with Crippen LogP contribution in [-0.2, 0) is 16.6 Å². The van der Waals surface area contributed by atoms with Gasteiger partial charge in [0, 0.05) is 17.9 Å². The monoisotopic (exact) mass is 297 g/mol. The van der Waals surface area contributed by atoms with Gasteiger partial charge in [-0.05, 0) is 47.0 Å². The van der Waals surface area contributed by atoms with Crippen LogP contribution in [0.15, 0.2) is 33.9 Å². The summed E-state index contributed by atoms with van der Waals surface area (Å²) in [6.45, 7) is 2.31. The van der Waals surface area contributed by atoms with E-state index in [-0.39, 0.29) is 4.90 Å². The van der Waals surface area contributed by atoms with Crippen molar-refractivity contribution in [2.24, 2.45) is 5.14 Å². The van der Waals surface area contributed by atoms with Gasteiger partial charge in [-0.3, -0.25) is 0 Å². The molecule has 0 spiro atoms. The Hall–Kier alpha value is -1.57. The summed E-state index contributed by atoms with van der Waals surface area (Å²) in [5, 5.41) is 12.4. The maximum absolute atomic E-state index is 11.5. The van der Waals surface area contributed by atoms with Crippen molar-refractivity contribution in [3.8, 4) is 0 Å². The second-order valence-electron chi connectivity index (χ2n) is 4.22. The van der Waals surface area contributed by atoms with Crippen LogP contribution in [0.3, 0.4) is 0 Å². The predicted molar refractivity (Wildman–Crippen MR) is 78.6 cm³/mol. The Morgan fingerprint density at radius 2 is 2.11 bits per heavy atom. The van der Waals surface area contributed by atoms with Crippen LogP contribution in [-0.4, -0.2) is 8.42 Å². The molecule has 1 aromatic heterocycles. The average Bonchev–Trinajstić information content (AvgIpc) is 2.81. The molecule has 5 nitrogen and oxygen atoms in total. The maximum Gasteiger partial charge on any atom is 0.238 e. The number of primary sulfonamides is 1. The van der Waals surface area contributed by atoms with Crippen molar-refractivity contribution >= 4 is 32.7 Å². The summed E-state index contributed by atoms with van der Waals surface area (Å²) in [4.78, 5) is 0.0559. The number of thiophene rings is 1. The highest BCUT2D eigenvalue weighted by Gasteiger charge is 2.15. The normalized spacial score (nSPS) is 11.5. The Balaban J connectivity index is 2.33. The van der Waals surface area contributed by atoms with Crippen molar-refractivity contribution in [1.82, 2.24) is 0 Å². The first-order valence-corrected chi connectivity index (χ1v) is 8.04. The van der Waals surface area contributed by atoms with Gasteiger partial charge >= 0.3 is 0 Å². The summed E-state index contributed by atoms with van der Waals surface area (Å²) in [5.74, 6) is 0. The minimum atomic E-state index is -3.77. The number of nitrogens with two attached hydrogens (primary N) is 2. The molecule has 0 radical (unpaired) electrons. The number of anilines is 2. The SMILES string of the molecule is Cc1c(NCc2ccsc2)cc(N)cc1S(N)(=O)=O. The Morgan fingerprint density at radius 3 is 2.68 bits per heavy atom. The Kier molecular flexibility index (Phi) is 3.79. The lowest BCUT2D eigenvalue weighted by molar-refractivity contribution is 0.597. The average molecular weight is 297 g/mol. The molecule has 0 aliphatic carbocycles. The quantitative estimate of drug-likeness (QED) is 0.751. The van der Waals surface area contributed by atoms with Gasteiger partial charge in [0.05, 0.1) is 4.90 Å². The van der Waals surface area contributed by atoms with Crippen molar-refractivity contribution in [1.29, 1.82) is 0 Å². The van der Waals surface area contributed by atoms with Crippen LogP contribution in [0.4, 0.5) is 11.4 Å². The molecule has 7 heteroatoms. The number of hydrogen-bond donors (Lipinski definition) is 3. The highest BCUT2D eigenvalue weighted by Crippen LogP contribution is 2.26. The largest absolute Gasteiger partial charge is 0.399 e. The molecule has 0 amide bonds. The van der Waals surface area contributed by atoms with Crippen LogP contribution < -0.4 is 16.2 Å². The van der Waals surface area contributed by atoms with E-state index in [4.69, 9.17) is 10.9 Å². The first-order valence-electron chi connectivity index (χ1n) is 5.56. The van der Waals surface area contributed by atoms with Crippen LogP contribution in [0.1, 0.15) is 11.1 Å². The van der Waals surface area contributed by atoms with Crippen LogP contribution in [0, 0.1) is 6.92 Å². The van der Waals surface area contributed by atoms with Crippen LogP contribution in [0.5, 0.6) is 0 Å². The zero-order chi connectivity index (χ0) is 14.0. The molecular weight excluding hydrogens is 282 g/mol. The number of hydrogen-bond acceptors (Lipinski definition) is 5. The molecule has 0 unspecified atom stereocenters. The molecule has 1 heterocycles. The van der Waals surface area contributed by atoms with Gasteiger partial charge in [0.2, 0.25) is 10.0 Å². The molecule has 0 saturated heterocycles. The number of nitrogen functional groups attached to an aromatic ring is 1. The minimum Gasteiger partial charge on any atom is -0.399 e. The van der Waals surface area contributed by atoms with Gasteiger partial charge in [-0.15, -0.1) is 0 Å². The molecule has 19 heavy (non-hydrogen) atoms. The summed E-state index contributed by atoms with van der Waals surface area (Å²) in [7, 11) is -3.77. The standard InChI is InChI=1S/C12H15N3O2S2/c1-8-11(15-6-9-2-3-18-7-9)4-10(13)5-12(8)19(14,16)17/h2-5,7,15H,6,13H2,1H3,(H2,14,16,17). The first kappa shape index (κ1) is 13.9. The van der Waals surface area contributed by atoms with Crippen molar-refractivity contribution in [3.05, 3.63) is 40.1 Å². The van der Waals surface area contributed by atoms with Crippen molar-refractivity contribution in [2.45, 2.75) is 18.4 Å². The van der Waals surface area contributed by atoms with E-state index in [2.05, 4.69) is 5.32 Å². The molecule has 102 valence electrons. The van der Waals surface area contributed by atoms with E-state index in [1.165, 1.54) is 6.07 Å². The highest BCUT2D eigenvalue weighted by molar-refractivity contribution is 7.89. The van der Waals surface area contributed by atoms with E-state index in [1.54, 1.807) is 24.3 Å². The summed E-state index contributed by atoms with van der Waals surface area (Å²) >= 11 is 1.61. The van der Waals surface area contributed by atoms with Crippen molar-refractivity contribution in [2.75, 3.05) is 11.1 Å². The van der Waals surface area contributed by atoms with E-state index >= 15 is 0 Å². The Labute approximate surface area is 116 Å². The fraction of sp³-hybridized carbons (Fsp3) is 0.167. The van der Waals surface area contributed by atoms with Gasteiger partial charge in [-0.25, -0.2) is 13.6 Å². The number of sulfonamides is 1. The van der Waals surface area contributed by atoms with Crippen LogP contribution >= 0.6 is 11.3 Å². The Morgan fingerprint density at radius 1 is 1.37 bits per heavy atom. The molecular formula is C12H15N3O2S2. The lowest BCUT2D eigenvalue weighted by atomic mass is 10.1. The summed E-state index contributed by atoms with van der Waals surface area (Å²) < 4.78 is 23.0. The lowest BCUT2D eigenvalue weighted by Gasteiger charge is -2.13. The van der Waals surface area contributed by atoms with E-state index in [0.29, 0.717) is 23.5 Å². The highest BCUT2D eigenvalue weighted by atomic mass is 32.2. The summed E-state index contributed by atoms with van der Waals surface area (Å²) in [5.41, 5.74) is 8.46. The summed E-state index contributed by atoms with van der Waals surface area (Å²) in [6.07, 6.45) is 0. The molecule has 1 aromatic carbocycles. The molecule has 0 aliphatic rings. The molecule has 0 bridgehead atoms. The predicted octanol–water partition coefficient (Wildman–Crippen LogP) is 1.90. The molecule has 2 rings (SSSR count). The van der Waals surface area contributed by atoms with Gasteiger partial charge in [0.1, 0.15) is 0 Å². The molecule has 0 atom stereocenters. The maximum atomic E-state index is 11.5. The third kappa shape index (κ3) is 3.25. The van der Waals surface area contributed by atoms with Gasteiger partial charge in [-0.2, -0.15) is 11.3 Å². The lowest BCUT2D eigenvalue weighted by Crippen LogP contribution is -2.15. The molecule has 0 saturated carbocycles. The van der Waals surface area contributed by atoms with Crippen molar-refractivity contribution < 1.29 is 8.42 Å². The zero-order valence-corrected chi connectivity index (χ0v) is 12.0. The van der Waals surface area contributed by atoms with E-state index in [0.717, 1.165) is 5.56 Å². The van der Waals surface area contributed by atoms with Gasteiger partial charge in [0.25, 0.3) is 0 Å². The van der Waals surface area contributed by atoms with E-state index < -0.39 is 10.0 Å². The van der Waals surface area contributed by atoms with Gasteiger partial charge < -0.3 is 11.1 Å². The molecule has 2 aromatic rings.